The number of benzene rings is 1. The summed E-state index contributed by atoms with van der Waals surface area (Å²) in [5.74, 6) is 0.673. The molecule has 18 heavy (non-hydrogen) atoms. The van der Waals surface area contributed by atoms with Crippen molar-refractivity contribution in [1.29, 1.82) is 0 Å². The van der Waals surface area contributed by atoms with E-state index in [0.717, 1.165) is 0 Å². The molecule has 1 aromatic heterocycles. The molecule has 0 spiro atoms. The summed E-state index contributed by atoms with van der Waals surface area (Å²) >= 11 is 0. The molecule has 92 valence electrons. The maximum Gasteiger partial charge on any atom is 0.274 e. The Hall–Kier alpha value is -2.70. The summed E-state index contributed by atoms with van der Waals surface area (Å²) < 4.78 is 0. The van der Waals surface area contributed by atoms with Crippen LogP contribution in [0.1, 0.15) is 5.56 Å². The van der Waals surface area contributed by atoms with Crippen LogP contribution in [0, 0.1) is 10.1 Å². The van der Waals surface area contributed by atoms with Crippen LogP contribution in [0.2, 0.25) is 0 Å². The first-order valence-corrected chi connectivity index (χ1v) is 5.21. The minimum Gasteiger partial charge on any atom is -0.381 e. The molecule has 2 aromatic rings. The Kier molecular flexibility index (Phi) is 3.33. The molecule has 0 radical (unpaired) electrons. The van der Waals surface area contributed by atoms with E-state index in [0.29, 0.717) is 11.4 Å². The maximum atomic E-state index is 10.8. The van der Waals surface area contributed by atoms with E-state index in [1.54, 1.807) is 18.2 Å². The van der Waals surface area contributed by atoms with Gasteiger partial charge in [0.15, 0.2) is 11.6 Å². The second kappa shape index (κ2) is 5.09. The monoisotopic (exact) mass is 245 g/mol. The third-order valence-corrected chi connectivity index (χ3v) is 2.36. The minimum absolute atomic E-state index is 0.0625. The summed E-state index contributed by atoms with van der Waals surface area (Å²) in [6.45, 7) is 0.264. The van der Waals surface area contributed by atoms with Crippen LogP contribution in [-0.2, 0) is 6.54 Å². The number of nitrogen functional groups attached to an aromatic ring is 1. The molecule has 7 nitrogen and oxygen atoms in total. The van der Waals surface area contributed by atoms with E-state index >= 15 is 0 Å². The number of nitrogens with two attached hydrogens (primary N) is 1. The quantitative estimate of drug-likeness (QED) is 0.625. The highest BCUT2D eigenvalue weighted by Crippen LogP contribution is 2.19. The normalized spacial score (nSPS) is 10.0. The lowest BCUT2D eigenvalue weighted by Crippen LogP contribution is -2.07. The molecule has 0 fully saturated rings. The molecule has 0 aliphatic rings. The highest BCUT2D eigenvalue weighted by Gasteiger charge is 2.12. The molecular weight excluding hydrogens is 234 g/mol. The van der Waals surface area contributed by atoms with Gasteiger partial charge in [-0.25, -0.2) is 9.97 Å². The van der Waals surface area contributed by atoms with Gasteiger partial charge in [0.05, 0.1) is 4.92 Å². The maximum absolute atomic E-state index is 10.8. The Labute approximate surface area is 103 Å². The molecule has 0 amide bonds. The number of hydrogen-bond acceptors (Lipinski definition) is 6. The molecule has 0 saturated carbocycles. The molecule has 0 aliphatic carbocycles. The fourth-order valence-electron chi connectivity index (χ4n) is 1.50. The fraction of sp³-hybridized carbons (Fsp3) is 0.0909. The SMILES string of the molecule is Nc1nccnc1NCc1ccccc1[N+](=O)[O-]. The highest BCUT2D eigenvalue weighted by molar-refractivity contribution is 5.55. The van der Waals surface area contributed by atoms with Crippen LogP contribution < -0.4 is 11.1 Å². The lowest BCUT2D eigenvalue weighted by atomic mass is 10.2. The van der Waals surface area contributed by atoms with Gasteiger partial charge in [-0.05, 0) is 0 Å². The van der Waals surface area contributed by atoms with Crippen LogP contribution in [0.5, 0.6) is 0 Å². The van der Waals surface area contributed by atoms with E-state index in [1.165, 1.54) is 18.5 Å². The van der Waals surface area contributed by atoms with Crippen molar-refractivity contribution >= 4 is 17.3 Å². The van der Waals surface area contributed by atoms with Gasteiger partial charge in [-0.2, -0.15) is 0 Å². The zero-order valence-electron chi connectivity index (χ0n) is 9.41. The summed E-state index contributed by atoms with van der Waals surface area (Å²) in [5.41, 5.74) is 6.24. The Morgan fingerprint density at radius 1 is 1.28 bits per heavy atom. The average molecular weight is 245 g/mol. The van der Waals surface area contributed by atoms with Crippen molar-refractivity contribution in [1.82, 2.24) is 9.97 Å². The standard InChI is InChI=1S/C11H11N5O2/c12-10-11(14-6-5-13-10)15-7-8-3-1-2-4-9(8)16(17)18/h1-6H,7H2,(H2,12,13)(H,14,15). The molecule has 0 saturated heterocycles. The lowest BCUT2D eigenvalue weighted by molar-refractivity contribution is -0.385. The van der Waals surface area contributed by atoms with Crippen molar-refractivity contribution in [2.24, 2.45) is 0 Å². The number of anilines is 2. The average Bonchev–Trinajstić information content (AvgIpc) is 2.38. The van der Waals surface area contributed by atoms with Crippen LogP contribution in [0.15, 0.2) is 36.7 Å². The predicted molar refractivity (Wildman–Crippen MR) is 66.9 cm³/mol. The smallest absolute Gasteiger partial charge is 0.274 e. The summed E-state index contributed by atoms with van der Waals surface area (Å²) in [4.78, 5) is 18.3. The van der Waals surface area contributed by atoms with E-state index in [4.69, 9.17) is 5.73 Å². The number of hydrogen-bond donors (Lipinski definition) is 2. The molecule has 7 heteroatoms. The molecule has 1 heterocycles. The van der Waals surface area contributed by atoms with Crippen LogP contribution >= 0.6 is 0 Å². The number of nitrogens with one attached hydrogen (secondary N) is 1. The van der Waals surface area contributed by atoms with Crippen molar-refractivity contribution < 1.29 is 4.92 Å². The number of aromatic nitrogens is 2. The summed E-state index contributed by atoms with van der Waals surface area (Å²) in [7, 11) is 0. The third kappa shape index (κ3) is 2.51. The first-order chi connectivity index (χ1) is 8.68. The van der Waals surface area contributed by atoms with Gasteiger partial charge in [-0.3, -0.25) is 10.1 Å². The molecule has 0 bridgehead atoms. The number of nitrogens with zero attached hydrogens (tertiary/aromatic N) is 3. The van der Waals surface area contributed by atoms with Crippen LogP contribution in [-0.4, -0.2) is 14.9 Å². The Balaban J connectivity index is 2.16. The molecule has 0 aliphatic heterocycles. The highest BCUT2D eigenvalue weighted by atomic mass is 16.6. The van der Waals surface area contributed by atoms with Gasteiger partial charge in [0.2, 0.25) is 0 Å². The molecular formula is C11H11N5O2. The second-order valence-corrected chi connectivity index (χ2v) is 3.53. The van der Waals surface area contributed by atoms with Crippen molar-refractivity contribution in [3.8, 4) is 0 Å². The van der Waals surface area contributed by atoms with E-state index in [1.807, 2.05) is 0 Å². The van der Waals surface area contributed by atoms with Crippen LogP contribution in [0.4, 0.5) is 17.3 Å². The van der Waals surface area contributed by atoms with E-state index in [-0.39, 0.29) is 18.1 Å². The summed E-state index contributed by atoms with van der Waals surface area (Å²) in [5, 5.41) is 13.7. The second-order valence-electron chi connectivity index (χ2n) is 3.53. The van der Waals surface area contributed by atoms with Crippen molar-refractivity contribution in [2.75, 3.05) is 11.1 Å². The number of para-hydroxylation sites is 1. The van der Waals surface area contributed by atoms with Crippen LogP contribution in [0.25, 0.3) is 0 Å². The zero-order chi connectivity index (χ0) is 13.0. The van der Waals surface area contributed by atoms with E-state index in [2.05, 4.69) is 15.3 Å². The van der Waals surface area contributed by atoms with Gasteiger partial charge >= 0.3 is 0 Å². The van der Waals surface area contributed by atoms with Gasteiger partial charge < -0.3 is 11.1 Å². The van der Waals surface area contributed by atoms with Gasteiger partial charge in [0.1, 0.15) is 0 Å². The summed E-state index contributed by atoms with van der Waals surface area (Å²) in [6, 6.07) is 6.50. The molecule has 1 aromatic carbocycles. The molecule has 3 N–H and O–H groups in total. The molecule has 0 unspecified atom stereocenters. The largest absolute Gasteiger partial charge is 0.381 e. The van der Waals surface area contributed by atoms with Crippen molar-refractivity contribution in [2.45, 2.75) is 6.54 Å². The lowest BCUT2D eigenvalue weighted by Gasteiger charge is -2.07. The van der Waals surface area contributed by atoms with Gasteiger partial charge in [-0.15, -0.1) is 0 Å². The fourth-order valence-corrected chi connectivity index (χ4v) is 1.50. The number of nitro benzene ring substituents is 1. The Bertz CT molecular complexity index is 573. The van der Waals surface area contributed by atoms with Gasteiger partial charge in [0, 0.05) is 30.6 Å². The first kappa shape index (κ1) is 11.8. The third-order valence-electron chi connectivity index (χ3n) is 2.36. The zero-order valence-corrected chi connectivity index (χ0v) is 9.41. The van der Waals surface area contributed by atoms with Crippen molar-refractivity contribution in [3.63, 3.8) is 0 Å². The first-order valence-electron chi connectivity index (χ1n) is 5.21. The van der Waals surface area contributed by atoms with Crippen LogP contribution in [0.3, 0.4) is 0 Å². The predicted octanol–water partition coefficient (Wildman–Crippen LogP) is 1.58. The van der Waals surface area contributed by atoms with E-state index in [9.17, 15) is 10.1 Å². The number of rotatable bonds is 4. The molecule has 2 rings (SSSR count). The van der Waals surface area contributed by atoms with Gasteiger partial charge in [0.25, 0.3) is 5.69 Å². The van der Waals surface area contributed by atoms with Gasteiger partial charge in [-0.1, -0.05) is 18.2 Å². The summed E-state index contributed by atoms with van der Waals surface area (Å²) in [6.07, 6.45) is 2.98. The minimum atomic E-state index is -0.420. The Morgan fingerprint density at radius 2 is 2.00 bits per heavy atom. The topological polar surface area (TPSA) is 107 Å². The Morgan fingerprint density at radius 3 is 2.72 bits per heavy atom. The van der Waals surface area contributed by atoms with E-state index < -0.39 is 4.92 Å². The van der Waals surface area contributed by atoms with Crippen molar-refractivity contribution in [3.05, 3.63) is 52.3 Å². The number of nitro groups is 1. The molecule has 0 atom stereocenters.